The molecule has 0 N–H and O–H groups in total. The summed E-state index contributed by atoms with van der Waals surface area (Å²) in [5.41, 5.74) is 0.512. The van der Waals surface area contributed by atoms with Gasteiger partial charge in [-0.15, -0.1) is 0 Å². The summed E-state index contributed by atoms with van der Waals surface area (Å²) in [5.74, 6) is 0.960. The van der Waals surface area contributed by atoms with Crippen molar-refractivity contribution < 1.29 is 4.79 Å². The molecule has 2 aromatic rings. The van der Waals surface area contributed by atoms with E-state index in [-0.39, 0.29) is 5.91 Å². The molecule has 6 nitrogen and oxygen atoms in total. The Kier molecular flexibility index (Phi) is 4.42. The third-order valence-electron chi connectivity index (χ3n) is 3.75. The summed E-state index contributed by atoms with van der Waals surface area (Å²) < 4.78 is 2.63. The van der Waals surface area contributed by atoms with Crippen LogP contribution in [0.4, 0.5) is 5.82 Å². The molecule has 0 aliphatic carbocycles. The Morgan fingerprint density at radius 1 is 1.18 bits per heavy atom. The SMILES string of the molecule is Cn1ccc(C(=O)N2CCCN(c3ccc(Br)cn3)CC2)n1. The normalized spacial score (nSPS) is 15.7. The van der Waals surface area contributed by atoms with Gasteiger partial charge in [0.1, 0.15) is 11.5 Å². The lowest BCUT2D eigenvalue weighted by Crippen LogP contribution is -2.35. The smallest absolute Gasteiger partial charge is 0.274 e. The lowest BCUT2D eigenvalue weighted by atomic mass is 10.3. The minimum absolute atomic E-state index is 0.00575. The first-order chi connectivity index (χ1) is 10.6. The number of pyridine rings is 1. The third kappa shape index (κ3) is 3.30. The summed E-state index contributed by atoms with van der Waals surface area (Å²) in [4.78, 5) is 21.0. The molecular formula is C15H18BrN5O. The number of anilines is 1. The van der Waals surface area contributed by atoms with Gasteiger partial charge in [0.15, 0.2) is 0 Å². The number of amides is 1. The maximum atomic E-state index is 12.5. The molecule has 0 spiro atoms. The third-order valence-corrected chi connectivity index (χ3v) is 4.22. The fourth-order valence-electron chi connectivity index (χ4n) is 2.60. The van der Waals surface area contributed by atoms with E-state index < -0.39 is 0 Å². The van der Waals surface area contributed by atoms with Crippen molar-refractivity contribution in [3.8, 4) is 0 Å². The second-order valence-electron chi connectivity index (χ2n) is 5.34. The number of halogens is 1. The molecule has 1 aliphatic heterocycles. The molecule has 1 saturated heterocycles. The topological polar surface area (TPSA) is 54.3 Å². The van der Waals surface area contributed by atoms with Crippen LogP contribution in [-0.4, -0.2) is 51.8 Å². The Labute approximate surface area is 137 Å². The zero-order valence-corrected chi connectivity index (χ0v) is 14.0. The van der Waals surface area contributed by atoms with Crippen molar-refractivity contribution in [1.29, 1.82) is 0 Å². The van der Waals surface area contributed by atoms with E-state index in [1.165, 1.54) is 0 Å². The number of carbonyl (C=O) groups is 1. The minimum atomic E-state index is 0.00575. The molecule has 1 fully saturated rings. The van der Waals surface area contributed by atoms with Crippen LogP contribution in [0.2, 0.25) is 0 Å². The summed E-state index contributed by atoms with van der Waals surface area (Å²) in [5, 5.41) is 4.20. The van der Waals surface area contributed by atoms with Crippen LogP contribution in [-0.2, 0) is 7.05 Å². The van der Waals surface area contributed by atoms with Crippen molar-refractivity contribution in [1.82, 2.24) is 19.7 Å². The Hall–Kier alpha value is -1.89. The van der Waals surface area contributed by atoms with E-state index >= 15 is 0 Å². The lowest BCUT2D eigenvalue weighted by Gasteiger charge is -2.22. The molecule has 0 saturated carbocycles. The molecule has 3 heterocycles. The highest BCUT2D eigenvalue weighted by Gasteiger charge is 2.22. The molecule has 3 rings (SSSR count). The Morgan fingerprint density at radius 3 is 2.73 bits per heavy atom. The van der Waals surface area contributed by atoms with E-state index in [4.69, 9.17) is 0 Å². The second kappa shape index (κ2) is 6.48. The van der Waals surface area contributed by atoms with Crippen molar-refractivity contribution in [2.75, 3.05) is 31.1 Å². The first kappa shape index (κ1) is 15.0. The summed E-state index contributed by atoms with van der Waals surface area (Å²) in [6.07, 6.45) is 4.52. The highest BCUT2D eigenvalue weighted by molar-refractivity contribution is 9.10. The van der Waals surface area contributed by atoms with Crippen molar-refractivity contribution in [3.63, 3.8) is 0 Å². The van der Waals surface area contributed by atoms with Gasteiger partial charge in [0.05, 0.1) is 0 Å². The summed E-state index contributed by atoms with van der Waals surface area (Å²) >= 11 is 3.40. The first-order valence-electron chi connectivity index (χ1n) is 7.29. The Bertz CT molecular complexity index is 654. The molecule has 7 heteroatoms. The lowest BCUT2D eigenvalue weighted by molar-refractivity contribution is 0.0760. The number of aryl methyl sites for hydroxylation is 1. The molecule has 0 atom stereocenters. The monoisotopic (exact) mass is 363 g/mol. The minimum Gasteiger partial charge on any atom is -0.355 e. The number of rotatable bonds is 2. The zero-order chi connectivity index (χ0) is 15.5. The Morgan fingerprint density at radius 2 is 2.05 bits per heavy atom. The Balaban J connectivity index is 1.67. The van der Waals surface area contributed by atoms with Gasteiger partial charge in [-0.3, -0.25) is 9.48 Å². The quantitative estimate of drug-likeness (QED) is 0.817. The van der Waals surface area contributed by atoms with Gasteiger partial charge >= 0.3 is 0 Å². The predicted octanol–water partition coefficient (Wildman–Crippen LogP) is 1.93. The van der Waals surface area contributed by atoms with Crippen molar-refractivity contribution in [3.05, 3.63) is 40.8 Å². The summed E-state index contributed by atoms with van der Waals surface area (Å²) in [7, 11) is 1.82. The highest BCUT2D eigenvalue weighted by Crippen LogP contribution is 2.17. The number of carbonyl (C=O) groups excluding carboxylic acids is 1. The van der Waals surface area contributed by atoms with Crippen LogP contribution in [0.5, 0.6) is 0 Å². The van der Waals surface area contributed by atoms with Crippen molar-refractivity contribution in [2.24, 2.45) is 7.05 Å². The maximum Gasteiger partial charge on any atom is 0.274 e. The van der Waals surface area contributed by atoms with E-state index in [0.717, 1.165) is 36.3 Å². The van der Waals surface area contributed by atoms with Crippen LogP contribution in [0, 0.1) is 0 Å². The van der Waals surface area contributed by atoms with Crippen LogP contribution in [0.3, 0.4) is 0 Å². The molecule has 2 aromatic heterocycles. The molecule has 0 bridgehead atoms. The molecule has 0 radical (unpaired) electrons. The van der Waals surface area contributed by atoms with Gasteiger partial charge in [0, 0.05) is 50.1 Å². The summed E-state index contributed by atoms with van der Waals surface area (Å²) in [6.45, 7) is 3.13. The molecule has 116 valence electrons. The van der Waals surface area contributed by atoms with Crippen LogP contribution in [0.1, 0.15) is 16.9 Å². The predicted molar refractivity (Wildman–Crippen MR) is 87.9 cm³/mol. The van der Waals surface area contributed by atoms with E-state index in [1.807, 2.05) is 24.1 Å². The molecule has 0 unspecified atom stereocenters. The molecular weight excluding hydrogens is 346 g/mol. The fourth-order valence-corrected chi connectivity index (χ4v) is 2.83. The number of aromatic nitrogens is 3. The second-order valence-corrected chi connectivity index (χ2v) is 6.26. The van der Waals surface area contributed by atoms with Gasteiger partial charge in [-0.2, -0.15) is 5.10 Å². The van der Waals surface area contributed by atoms with E-state index in [0.29, 0.717) is 12.2 Å². The maximum absolute atomic E-state index is 12.5. The van der Waals surface area contributed by atoms with Gasteiger partial charge in [0.25, 0.3) is 5.91 Å². The summed E-state index contributed by atoms with van der Waals surface area (Å²) in [6, 6.07) is 5.76. The van der Waals surface area contributed by atoms with Crippen LogP contribution in [0.15, 0.2) is 35.1 Å². The molecule has 0 aromatic carbocycles. The van der Waals surface area contributed by atoms with E-state index in [9.17, 15) is 4.79 Å². The molecule has 1 aliphatic rings. The number of hydrogen-bond acceptors (Lipinski definition) is 4. The van der Waals surface area contributed by atoms with E-state index in [1.54, 1.807) is 23.1 Å². The zero-order valence-electron chi connectivity index (χ0n) is 12.4. The van der Waals surface area contributed by atoms with Crippen molar-refractivity contribution in [2.45, 2.75) is 6.42 Å². The van der Waals surface area contributed by atoms with Crippen LogP contribution in [0.25, 0.3) is 0 Å². The van der Waals surface area contributed by atoms with Gasteiger partial charge in [-0.1, -0.05) is 0 Å². The van der Waals surface area contributed by atoms with E-state index in [2.05, 4.69) is 30.9 Å². The highest BCUT2D eigenvalue weighted by atomic mass is 79.9. The molecule has 1 amide bonds. The van der Waals surface area contributed by atoms with Gasteiger partial charge in [0.2, 0.25) is 0 Å². The number of nitrogens with zero attached hydrogens (tertiary/aromatic N) is 5. The number of hydrogen-bond donors (Lipinski definition) is 0. The van der Waals surface area contributed by atoms with Gasteiger partial charge in [-0.05, 0) is 40.5 Å². The molecule has 22 heavy (non-hydrogen) atoms. The average molecular weight is 364 g/mol. The largest absolute Gasteiger partial charge is 0.355 e. The van der Waals surface area contributed by atoms with Crippen molar-refractivity contribution >= 4 is 27.7 Å². The van der Waals surface area contributed by atoms with Crippen LogP contribution >= 0.6 is 15.9 Å². The standard InChI is InChI=1S/C15H18BrN5O/c1-19-8-5-13(18-19)15(22)21-7-2-6-20(9-10-21)14-4-3-12(16)11-17-14/h3-5,8,11H,2,6-7,9-10H2,1H3. The van der Waals surface area contributed by atoms with Crippen LogP contribution < -0.4 is 4.90 Å². The van der Waals surface area contributed by atoms with Gasteiger partial charge in [-0.25, -0.2) is 4.98 Å². The van der Waals surface area contributed by atoms with Gasteiger partial charge < -0.3 is 9.80 Å². The fraction of sp³-hybridized carbons (Fsp3) is 0.400. The average Bonchev–Trinajstić information content (AvgIpc) is 2.81. The first-order valence-corrected chi connectivity index (χ1v) is 8.08.